The molecule has 0 radical (unpaired) electrons. The van der Waals surface area contributed by atoms with E-state index in [0.717, 1.165) is 22.4 Å². The molecular formula is C19H15NO3S2. The number of carboxylic acid groups (broad SMARTS) is 1. The highest BCUT2D eigenvalue weighted by molar-refractivity contribution is 8.27. The zero-order valence-electron chi connectivity index (χ0n) is 13.6. The number of nitrogens with zero attached hydrogens (tertiary/aromatic N) is 1. The molecule has 0 spiro atoms. The monoisotopic (exact) mass is 369 g/mol. The summed E-state index contributed by atoms with van der Waals surface area (Å²) in [7, 11) is 0. The highest BCUT2D eigenvalue weighted by Crippen LogP contribution is 2.37. The molecule has 1 fully saturated rings. The van der Waals surface area contributed by atoms with Crippen LogP contribution in [-0.4, -0.2) is 21.3 Å². The van der Waals surface area contributed by atoms with E-state index in [4.69, 9.17) is 17.3 Å². The first-order valence-corrected chi connectivity index (χ1v) is 8.78. The molecule has 0 bridgehead atoms. The Balaban J connectivity index is 1.93. The lowest BCUT2D eigenvalue weighted by Gasteiger charge is -2.17. The number of aromatic carboxylic acids is 1. The lowest BCUT2D eigenvalue weighted by molar-refractivity contribution is -0.113. The zero-order valence-corrected chi connectivity index (χ0v) is 15.3. The van der Waals surface area contributed by atoms with Crippen LogP contribution in [0.25, 0.3) is 6.08 Å². The molecule has 2 aromatic rings. The molecule has 3 rings (SSSR count). The fraction of sp³-hybridized carbons (Fsp3) is 0.105. The van der Waals surface area contributed by atoms with Crippen molar-refractivity contribution in [1.29, 1.82) is 0 Å². The van der Waals surface area contributed by atoms with Gasteiger partial charge in [-0.05, 0) is 54.8 Å². The molecule has 1 amide bonds. The molecule has 1 N–H and O–H groups in total. The smallest absolute Gasteiger partial charge is 0.335 e. The Hall–Kier alpha value is -2.44. The summed E-state index contributed by atoms with van der Waals surface area (Å²) < 4.78 is 0.493. The SMILES string of the molecule is Cc1ccc(C)c(N2C(=O)C(=Cc3ccc(C(=O)O)cc3)SC2=S)c1. The number of carbonyl (C=O) groups is 2. The minimum Gasteiger partial charge on any atom is -0.478 e. The summed E-state index contributed by atoms with van der Waals surface area (Å²) in [5.74, 6) is -1.14. The summed E-state index contributed by atoms with van der Waals surface area (Å²) in [4.78, 5) is 25.8. The average Bonchev–Trinajstić information content (AvgIpc) is 2.84. The van der Waals surface area contributed by atoms with Crippen LogP contribution < -0.4 is 4.90 Å². The van der Waals surface area contributed by atoms with Gasteiger partial charge in [-0.1, -0.05) is 48.2 Å². The fourth-order valence-corrected chi connectivity index (χ4v) is 3.79. The second kappa shape index (κ2) is 6.82. The third kappa shape index (κ3) is 3.50. The van der Waals surface area contributed by atoms with E-state index in [2.05, 4.69) is 0 Å². The third-order valence-corrected chi connectivity index (χ3v) is 5.16. The van der Waals surface area contributed by atoms with Crippen LogP contribution in [0.4, 0.5) is 5.69 Å². The number of anilines is 1. The summed E-state index contributed by atoms with van der Waals surface area (Å²) in [5, 5.41) is 8.95. The van der Waals surface area contributed by atoms with Crippen LogP contribution in [0.5, 0.6) is 0 Å². The molecule has 1 aliphatic heterocycles. The third-order valence-electron chi connectivity index (χ3n) is 3.85. The van der Waals surface area contributed by atoms with Crippen molar-refractivity contribution in [2.24, 2.45) is 0 Å². The van der Waals surface area contributed by atoms with E-state index < -0.39 is 5.97 Å². The summed E-state index contributed by atoms with van der Waals surface area (Å²) >= 11 is 6.65. The standard InChI is InChI=1S/C19H15NO3S2/c1-11-3-4-12(2)15(9-11)20-17(21)16(25-19(20)24)10-13-5-7-14(8-6-13)18(22)23/h3-10H,1-2H3,(H,22,23). The summed E-state index contributed by atoms with van der Waals surface area (Å²) in [6.07, 6.45) is 1.73. The number of carboxylic acids is 1. The first-order chi connectivity index (χ1) is 11.9. The van der Waals surface area contributed by atoms with Crippen molar-refractivity contribution in [2.75, 3.05) is 4.90 Å². The average molecular weight is 369 g/mol. The normalized spacial score (nSPS) is 15.9. The Kier molecular flexibility index (Phi) is 4.74. The molecular weight excluding hydrogens is 354 g/mol. The van der Waals surface area contributed by atoms with Crippen molar-refractivity contribution in [3.8, 4) is 0 Å². The predicted molar refractivity (Wildman–Crippen MR) is 105 cm³/mol. The second-order valence-electron chi connectivity index (χ2n) is 5.73. The second-order valence-corrected chi connectivity index (χ2v) is 7.41. The molecule has 1 heterocycles. The number of hydrogen-bond acceptors (Lipinski definition) is 4. The van der Waals surface area contributed by atoms with Gasteiger partial charge in [0.15, 0.2) is 4.32 Å². The van der Waals surface area contributed by atoms with Gasteiger partial charge >= 0.3 is 5.97 Å². The minimum absolute atomic E-state index is 0.161. The van der Waals surface area contributed by atoms with Crippen LogP contribution in [0.15, 0.2) is 47.4 Å². The van der Waals surface area contributed by atoms with Gasteiger partial charge in [0.25, 0.3) is 5.91 Å². The largest absolute Gasteiger partial charge is 0.478 e. The summed E-state index contributed by atoms with van der Waals surface area (Å²) in [6, 6.07) is 12.3. The summed E-state index contributed by atoms with van der Waals surface area (Å²) in [6.45, 7) is 3.92. The Morgan fingerprint density at radius 3 is 2.48 bits per heavy atom. The summed E-state index contributed by atoms with van der Waals surface area (Å²) in [5.41, 5.74) is 3.80. The maximum Gasteiger partial charge on any atom is 0.335 e. The number of rotatable bonds is 3. The van der Waals surface area contributed by atoms with Gasteiger partial charge in [-0.25, -0.2) is 4.79 Å². The van der Waals surface area contributed by atoms with Crippen LogP contribution in [-0.2, 0) is 4.79 Å². The van der Waals surface area contributed by atoms with Gasteiger partial charge in [0.2, 0.25) is 0 Å². The fourth-order valence-electron chi connectivity index (χ4n) is 2.51. The Labute approximate surface area is 155 Å². The highest BCUT2D eigenvalue weighted by Gasteiger charge is 2.34. The Morgan fingerprint density at radius 2 is 1.84 bits per heavy atom. The van der Waals surface area contributed by atoms with Gasteiger partial charge in [-0.15, -0.1) is 0 Å². The van der Waals surface area contributed by atoms with E-state index in [-0.39, 0.29) is 11.5 Å². The number of thioether (sulfide) groups is 1. The molecule has 0 saturated carbocycles. The Morgan fingerprint density at radius 1 is 1.16 bits per heavy atom. The van der Waals surface area contributed by atoms with Crippen LogP contribution >= 0.6 is 24.0 Å². The number of carbonyl (C=O) groups excluding carboxylic acids is 1. The molecule has 4 nitrogen and oxygen atoms in total. The van der Waals surface area contributed by atoms with Crippen LogP contribution in [0.1, 0.15) is 27.0 Å². The van der Waals surface area contributed by atoms with E-state index in [1.54, 1.807) is 23.1 Å². The lowest BCUT2D eigenvalue weighted by atomic mass is 10.1. The van der Waals surface area contributed by atoms with Crippen molar-refractivity contribution in [3.63, 3.8) is 0 Å². The molecule has 0 aliphatic carbocycles. The lowest BCUT2D eigenvalue weighted by Crippen LogP contribution is -2.28. The van der Waals surface area contributed by atoms with Gasteiger partial charge in [0, 0.05) is 0 Å². The van der Waals surface area contributed by atoms with Crippen molar-refractivity contribution in [1.82, 2.24) is 0 Å². The highest BCUT2D eigenvalue weighted by atomic mass is 32.2. The van der Waals surface area contributed by atoms with E-state index in [9.17, 15) is 9.59 Å². The number of benzene rings is 2. The van der Waals surface area contributed by atoms with E-state index in [0.29, 0.717) is 9.23 Å². The van der Waals surface area contributed by atoms with Crippen LogP contribution in [0.2, 0.25) is 0 Å². The number of aryl methyl sites for hydroxylation is 2. The number of thiocarbonyl (C=S) groups is 1. The van der Waals surface area contributed by atoms with Crippen LogP contribution in [0, 0.1) is 13.8 Å². The number of amides is 1. The van der Waals surface area contributed by atoms with Crippen molar-refractivity contribution >= 4 is 51.9 Å². The van der Waals surface area contributed by atoms with Crippen molar-refractivity contribution in [3.05, 3.63) is 69.6 Å². The van der Waals surface area contributed by atoms with Crippen molar-refractivity contribution < 1.29 is 14.7 Å². The molecule has 126 valence electrons. The maximum absolute atomic E-state index is 12.8. The van der Waals surface area contributed by atoms with Gasteiger partial charge in [0.1, 0.15) is 0 Å². The van der Waals surface area contributed by atoms with Gasteiger partial charge < -0.3 is 5.11 Å². The van der Waals surface area contributed by atoms with Gasteiger partial charge in [-0.2, -0.15) is 0 Å². The molecule has 1 saturated heterocycles. The van der Waals surface area contributed by atoms with Crippen molar-refractivity contribution in [2.45, 2.75) is 13.8 Å². The quantitative estimate of drug-likeness (QED) is 0.642. The molecule has 0 atom stereocenters. The Bertz CT molecular complexity index is 917. The van der Waals surface area contributed by atoms with Gasteiger partial charge in [0.05, 0.1) is 16.2 Å². The molecule has 0 aromatic heterocycles. The molecule has 0 unspecified atom stereocenters. The predicted octanol–water partition coefficient (Wildman–Crippen LogP) is 4.41. The zero-order chi connectivity index (χ0) is 18.1. The molecule has 2 aromatic carbocycles. The first kappa shape index (κ1) is 17.4. The molecule has 25 heavy (non-hydrogen) atoms. The topological polar surface area (TPSA) is 57.6 Å². The molecule has 6 heteroatoms. The van der Waals surface area contributed by atoms with Gasteiger partial charge in [-0.3, -0.25) is 9.69 Å². The van der Waals surface area contributed by atoms with E-state index in [1.807, 2.05) is 32.0 Å². The molecule has 1 aliphatic rings. The number of hydrogen-bond donors (Lipinski definition) is 1. The first-order valence-electron chi connectivity index (χ1n) is 7.55. The maximum atomic E-state index is 12.8. The van der Waals surface area contributed by atoms with E-state index >= 15 is 0 Å². The minimum atomic E-state index is -0.979. The van der Waals surface area contributed by atoms with E-state index in [1.165, 1.54) is 23.9 Å². The van der Waals surface area contributed by atoms with Crippen LogP contribution in [0.3, 0.4) is 0 Å².